The first kappa shape index (κ1) is 19.7. The van der Waals surface area contributed by atoms with Crippen LogP contribution < -0.4 is 0 Å². The monoisotopic (exact) mass is 384 g/mol. The maximum Gasteiger partial charge on any atom is 0.102 e. The van der Waals surface area contributed by atoms with Gasteiger partial charge in [-0.15, -0.1) is 0 Å². The van der Waals surface area contributed by atoms with Crippen molar-refractivity contribution in [2.75, 3.05) is 0 Å². The lowest BCUT2D eigenvalue weighted by molar-refractivity contribution is -0.107. The average Bonchev–Trinajstić information content (AvgIpc) is 3.47. The smallest absolute Gasteiger partial charge is 0.102 e. The molecule has 0 spiro atoms. The Bertz CT molecular complexity index is 806. The van der Waals surface area contributed by atoms with Gasteiger partial charge in [0.2, 0.25) is 0 Å². The lowest BCUT2D eigenvalue weighted by atomic mass is 9.75. The molecule has 4 rings (SSSR count). The standard InChI is InChI=1S/C26H28N2O/c27-19-25(15-7-8-16-25)23(21-11-3-1-4-12-21)29-24(22-13-5-2-6-14-22)26(20-28)17-9-10-18-26/h1-6,11-14,23-24H,7-10,15-18H2. The van der Waals surface area contributed by atoms with E-state index in [1.807, 2.05) is 36.4 Å². The third-order valence-corrected chi connectivity index (χ3v) is 6.92. The molecule has 0 aliphatic heterocycles. The number of nitriles is 2. The van der Waals surface area contributed by atoms with Gasteiger partial charge in [-0.25, -0.2) is 0 Å². The molecular weight excluding hydrogens is 356 g/mol. The van der Waals surface area contributed by atoms with Gasteiger partial charge in [0.15, 0.2) is 0 Å². The van der Waals surface area contributed by atoms with Crippen LogP contribution in [0.1, 0.15) is 74.7 Å². The largest absolute Gasteiger partial charge is 0.362 e. The first-order chi connectivity index (χ1) is 14.2. The highest BCUT2D eigenvalue weighted by Gasteiger charge is 2.49. The van der Waals surface area contributed by atoms with Crippen LogP contribution in [0, 0.1) is 33.5 Å². The number of hydrogen-bond donors (Lipinski definition) is 0. The summed E-state index contributed by atoms with van der Waals surface area (Å²) in [6.07, 6.45) is 6.97. The van der Waals surface area contributed by atoms with Crippen molar-refractivity contribution >= 4 is 0 Å². The highest BCUT2D eigenvalue weighted by molar-refractivity contribution is 5.28. The molecule has 0 bridgehead atoms. The van der Waals surface area contributed by atoms with E-state index in [0.29, 0.717) is 0 Å². The van der Waals surface area contributed by atoms with E-state index in [9.17, 15) is 10.5 Å². The Labute approximate surface area is 173 Å². The van der Waals surface area contributed by atoms with Gasteiger partial charge < -0.3 is 4.74 Å². The molecule has 0 aromatic heterocycles. The van der Waals surface area contributed by atoms with Crippen LogP contribution in [-0.4, -0.2) is 0 Å². The van der Waals surface area contributed by atoms with E-state index in [-0.39, 0.29) is 12.2 Å². The van der Waals surface area contributed by atoms with Crippen molar-refractivity contribution in [3.8, 4) is 12.1 Å². The summed E-state index contributed by atoms with van der Waals surface area (Å²) in [6, 6.07) is 25.6. The average molecular weight is 385 g/mol. The number of hydrogen-bond acceptors (Lipinski definition) is 3. The highest BCUT2D eigenvalue weighted by atomic mass is 16.5. The molecule has 148 valence electrons. The van der Waals surface area contributed by atoms with Gasteiger partial charge in [0.25, 0.3) is 0 Å². The lowest BCUT2D eigenvalue weighted by Crippen LogP contribution is -2.33. The number of benzene rings is 2. The molecule has 0 N–H and O–H groups in total. The van der Waals surface area contributed by atoms with Crippen molar-refractivity contribution in [3.05, 3.63) is 71.8 Å². The summed E-state index contributed by atoms with van der Waals surface area (Å²) in [4.78, 5) is 0. The summed E-state index contributed by atoms with van der Waals surface area (Å²) in [7, 11) is 0. The van der Waals surface area contributed by atoms with Crippen LogP contribution in [0.4, 0.5) is 0 Å². The van der Waals surface area contributed by atoms with Gasteiger partial charge in [-0.1, -0.05) is 86.3 Å². The first-order valence-corrected chi connectivity index (χ1v) is 10.8. The zero-order valence-corrected chi connectivity index (χ0v) is 16.9. The third kappa shape index (κ3) is 3.68. The van der Waals surface area contributed by atoms with E-state index in [4.69, 9.17) is 4.74 Å². The van der Waals surface area contributed by atoms with E-state index < -0.39 is 10.8 Å². The maximum atomic E-state index is 10.2. The molecule has 29 heavy (non-hydrogen) atoms. The van der Waals surface area contributed by atoms with E-state index in [1.54, 1.807) is 0 Å². The number of rotatable bonds is 6. The summed E-state index contributed by atoms with van der Waals surface area (Å²) in [5.41, 5.74) is 1.04. The van der Waals surface area contributed by atoms with Gasteiger partial charge in [0.1, 0.15) is 12.2 Å². The van der Waals surface area contributed by atoms with Crippen LogP contribution >= 0.6 is 0 Å². The molecule has 0 heterocycles. The quantitative estimate of drug-likeness (QED) is 0.560. The molecule has 2 saturated carbocycles. The molecule has 2 unspecified atom stereocenters. The molecule has 2 aliphatic carbocycles. The Hall–Kier alpha value is -2.62. The van der Waals surface area contributed by atoms with Crippen molar-refractivity contribution < 1.29 is 4.74 Å². The summed E-state index contributed by atoms with van der Waals surface area (Å²) in [5.74, 6) is 0. The fraction of sp³-hybridized carbons (Fsp3) is 0.462. The maximum absolute atomic E-state index is 10.2. The molecule has 2 aromatic rings. The lowest BCUT2D eigenvalue weighted by Gasteiger charge is -2.39. The fourth-order valence-corrected chi connectivity index (χ4v) is 5.32. The van der Waals surface area contributed by atoms with Crippen molar-refractivity contribution in [3.63, 3.8) is 0 Å². The molecule has 3 heteroatoms. The van der Waals surface area contributed by atoms with Crippen molar-refractivity contribution in [2.45, 2.75) is 63.6 Å². The Balaban J connectivity index is 1.79. The minimum absolute atomic E-state index is 0.327. The molecule has 0 saturated heterocycles. The highest BCUT2D eigenvalue weighted by Crippen LogP contribution is 2.55. The van der Waals surface area contributed by atoms with Gasteiger partial charge in [0.05, 0.1) is 23.0 Å². The number of ether oxygens (including phenoxy) is 1. The van der Waals surface area contributed by atoms with Crippen LogP contribution in [-0.2, 0) is 4.74 Å². The predicted octanol–water partition coefficient (Wildman–Crippen LogP) is 6.65. The molecule has 2 fully saturated rings. The zero-order valence-electron chi connectivity index (χ0n) is 16.9. The minimum Gasteiger partial charge on any atom is -0.362 e. The minimum atomic E-state index is -0.524. The number of nitrogens with zero attached hydrogens (tertiary/aromatic N) is 2. The van der Waals surface area contributed by atoms with Crippen molar-refractivity contribution in [2.24, 2.45) is 10.8 Å². The second-order valence-electron chi connectivity index (χ2n) is 8.67. The van der Waals surface area contributed by atoms with Crippen molar-refractivity contribution in [1.29, 1.82) is 10.5 Å². The van der Waals surface area contributed by atoms with Crippen LogP contribution in [0.5, 0.6) is 0 Å². The van der Waals surface area contributed by atoms with Crippen LogP contribution in [0.15, 0.2) is 60.7 Å². The van der Waals surface area contributed by atoms with Gasteiger partial charge in [0, 0.05) is 0 Å². The Morgan fingerprint density at radius 1 is 0.621 bits per heavy atom. The third-order valence-electron chi connectivity index (χ3n) is 6.92. The van der Waals surface area contributed by atoms with Crippen LogP contribution in [0.25, 0.3) is 0 Å². The van der Waals surface area contributed by atoms with Crippen LogP contribution in [0.3, 0.4) is 0 Å². The molecule has 0 radical (unpaired) electrons. The summed E-state index contributed by atoms with van der Waals surface area (Å²) in [6.45, 7) is 0. The Morgan fingerprint density at radius 3 is 1.28 bits per heavy atom. The van der Waals surface area contributed by atoms with Crippen LogP contribution in [0.2, 0.25) is 0 Å². The van der Waals surface area contributed by atoms with Crippen molar-refractivity contribution in [1.82, 2.24) is 0 Å². The van der Waals surface area contributed by atoms with E-state index >= 15 is 0 Å². The zero-order chi connectivity index (χ0) is 20.2. The molecule has 3 nitrogen and oxygen atoms in total. The Morgan fingerprint density at radius 2 is 0.966 bits per heavy atom. The summed E-state index contributed by atoms with van der Waals surface area (Å²) < 4.78 is 6.93. The van der Waals surface area contributed by atoms with E-state index in [1.165, 1.54) is 0 Å². The SMILES string of the molecule is N#CC1(C(OC(c2ccccc2)C2(C#N)CCCC2)c2ccccc2)CCCC1. The van der Waals surface area contributed by atoms with Gasteiger partial charge >= 0.3 is 0 Å². The summed E-state index contributed by atoms with van der Waals surface area (Å²) in [5, 5.41) is 20.4. The fourth-order valence-electron chi connectivity index (χ4n) is 5.32. The van der Waals surface area contributed by atoms with Gasteiger partial charge in [-0.05, 0) is 36.8 Å². The topological polar surface area (TPSA) is 56.8 Å². The normalized spacial score (nSPS) is 21.7. The molecule has 2 atom stereocenters. The molecule has 2 aromatic carbocycles. The molecular formula is C26H28N2O. The molecule has 2 aliphatic rings. The second kappa shape index (κ2) is 8.40. The summed E-state index contributed by atoms with van der Waals surface area (Å²) >= 11 is 0. The van der Waals surface area contributed by atoms with E-state index in [2.05, 4.69) is 36.4 Å². The van der Waals surface area contributed by atoms with Gasteiger partial charge in [-0.2, -0.15) is 10.5 Å². The Kier molecular flexibility index (Phi) is 5.70. The van der Waals surface area contributed by atoms with E-state index in [0.717, 1.165) is 62.5 Å². The molecule has 0 amide bonds. The first-order valence-electron chi connectivity index (χ1n) is 10.8. The predicted molar refractivity (Wildman–Crippen MR) is 112 cm³/mol. The van der Waals surface area contributed by atoms with Gasteiger partial charge in [-0.3, -0.25) is 0 Å². The second-order valence-corrected chi connectivity index (χ2v) is 8.67.